The van der Waals surface area contributed by atoms with E-state index in [2.05, 4.69) is 0 Å². The summed E-state index contributed by atoms with van der Waals surface area (Å²) < 4.78 is 8.17. The van der Waals surface area contributed by atoms with Crippen LogP contribution >= 0.6 is 24.0 Å². The number of ether oxygens (including phenoxy) is 1. The van der Waals surface area contributed by atoms with E-state index in [-0.39, 0.29) is 27.7 Å². The van der Waals surface area contributed by atoms with Crippen LogP contribution in [0.15, 0.2) is 70.5 Å². The Hall–Kier alpha value is -3.17. The number of nitrogens with zero attached hydrogens (tertiary/aromatic N) is 2. The van der Waals surface area contributed by atoms with Crippen molar-refractivity contribution in [2.75, 3.05) is 12.4 Å². The highest BCUT2D eigenvalue weighted by molar-refractivity contribution is 8.00. The van der Waals surface area contributed by atoms with Crippen molar-refractivity contribution in [1.29, 1.82) is 0 Å². The molecule has 3 rings (SSSR count). The van der Waals surface area contributed by atoms with E-state index in [1.54, 1.807) is 47.9 Å². The molecule has 2 aromatic carbocycles. The van der Waals surface area contributed by atoms with E-state index >= 15 is 0 Å². The van der Waals surface area contributed by atoms with Gasteiger partial charge in [-0.1, -0.05) is 48.2 Å². The van der Waals surface area contributed by atoms with Crippen molar-refractivity contribution in [3.8, 4) is 11.4 Å². The highest BCUT2D eigenvalue weighted by Crippen LogP contribution is 2.26. The van der Waals surface area contributed by atoms with Gasteiger partial charge in [-0.2, -0.15) is 0 Å². The smallest absolute Gasteiger partial charge is 0.346 e. The molecule has 0 bridgehead atoms. The van der Waals surface area contributed by atoms with Crippen LogP contribution in [0.2, 0.25) is 0 Å². The van der Waals surface area contributed by atoms with Crippen molar-refractivity contribution in [3.05, 3.63) is 81.4 Å². The van der Waals surface area contributed by atoms with Crippen LogP contribution in [-0.2, 0) is 9.53 Å². The molecule has 0 atom stereocenters. The number of rotatable bonds is 7. The largest absolute Gasteiger partial charge is 0.462 e. The number of carbonyl (C=O) groups excluding carboxylic acids is 2. The molecule has 7 nitrogen and oxygen atoms in total. The summed E-state index contributed by atoms with van der Waals surface area (Å²) in [5, 5.41) is 0.209. The van der Waals surface area contributed by atoms with Gasteiger partial charge in [-0.25, -0.2) is 4.79 Å². The first-order valence-corrected chi connectivity index (χ1v) is 10.5. The second kappa shape index (κ2) is 9.55. The highest BCUT2D eigenvalue weighted by atomic mass is 32.2. The molecule has 9 heteroatoms. The molecular formula is C21H19N3O4S2. The number of hydrogen-bond acceptors (Lipinski definition) is 6. The maximum atomic E-state index is 13.4. The van der Waals surface area contributed by atoms with Gasteiger partial charge in [-0.3, -0.25) is 18.7 Å². The first kappa shape index (κ1) is 21.5. The van der Waals surface area contributed by atoms with Crippen molar-refractivity contribution in [3.63, 3.8) is 0 Å². The quantitative estimate of drug-likeness (QED) is 0.262. The molecule has 0 aliphatic rings. The molecule has 0 radical (unpaired) electrons. The average molecular weight is 442 g/mol. The molecule has 0 aliphatic carbocycles. The Kier molecular flexibility index (Phi) is 6.86. The van der Waals surface area contributed by atoms with Gasteiger partial charge in [0.05, 0.1) is 18.0 Å². The molecule has 1 aromatic heterocycles. The molecule has 0 saturated carbocycles. The Balaban J connectivity index is 2.44. The van der Waals surface area contributed by atoms with E-state index < -0.39 is 17.4 Å². The summed E-state index contributed by atoms with van der Waals surface area (Å²) in [4.78, 5) is 37.7. The molecule has 3 aromatic rings. The number of nitrogens with two attached hydrogens (primary N) is 1. The average Bonchev–Trinajstić information content (AvgIpc) is 2.73. The van der Waals surface area contributed by atoms with Crippen molar-refractivity contribution >= 4 is 35.9 Å². The van der Waals surface area contributed by atoms with Gasteiger partial charge in [0.25, 0.3) is 5.56 Å². The molecule has 30 heavy (non-hydrogen) atoms. The third-order valence-corrected chi connectivity index (χ3v) is 5.53. The fourth-order valence-electron chi connectivity index (χ4n) is 2.85. The van der Waals surface area contributed by atoms with Crippen LogP contribution in [0.4, 0.5) is 0 Å². The summed E-state index contributed by atoms with van der Waals surface area (Å²) in [6.45, 7) is 1.74. The zero-order valence-electron chi connectivity index (χ0n) is 16.1. The second-order valence-corrected chi connectivity index (χ2v) is 7.41. The van der Waals surface area contributed by atoms with Crippen LogP contribution in [-0.4, -0.2) is 33.4 Å². The highest BCUT2D eigenvalue weighted by Gasteiger charge is 2.26. The first-order chi connectivity index (χ1) is 14.5. The Morgan fingerprint density at radius 1 is 1.00 bits per heavy atom. The lowest BCUT2D eigenvalue weighted by Crippen LogP contribution is -2.32. The van der Waals surface area contributed by atoms with Gasteiger partial charge < -0.3 is 10.5 Å². The number of hydrogen-bond donors (Lipinski definition) is 1. The van der Waals surface area contributed by atoms with Crippen LogP contribution in [0.25, 0.3) is 11.4 Å². The monoisotopic (exact) mass is 441 g/mol. The first-order valence-electron chi connectivity index (χ1n) is 9.06. The van der Waals surface area contributed by atoms with Gasteiger partial charge >= 0.3 is 5.97 Å². The summed E-state index contributed by atoms with van der Waals surface area (Å²) in [6.07, 6.45) is 0. The number of aromatic nitrogens is 2. The molecule has 2 N–H and O–H groups in total. The number of amides is 1. The van der Waals surface area contributed by atoms with E-state index in [0.29, 0.717) is 11.4 Å². The Bertz CT molecular complexity index is 1190. The van der Waals surface area contributed by atoms with E-state index in [9.17, 15) is 14.4 Å². The molecule has 154 valence electrons. The third-order valence-electron chi connectivity index (χ3n) is 4.08. The summed E-state index contributed by atoms with van der Waals surface area (Å²) in [7, 11) is 0. The number of benzene rings is 2. The van der Waals surface area contributed by atoms with Crippen LogP contribution < -0.4 is 11.3 Å². The predicted octanol–water partition coefficient (Wildman–Crippen LogP) is 3.11. The summed E-state index contributed by atoms with van der Waals surface area (Å²) >= 11 is 6.64. The summed E-state index contributed by atoms with van der Waals surface area (Å²) in [5.74, 6) is -1.52. The van der Waals surface area contributed by atoms with E-state index in [1.165, 1.54) is 4.57 Å². The number of esters is 1. The lowest BCUT2D eigenvalue weighted by molar-refractivity contribution is -0.115. The number of para-hydroxylation sites is 2. The Labute approximate surface area is 182 Å². The molecular weight excluding hydrogens is 422 g/mol. The van der Waals surface area contributed by atoms with Gasteiger partial charge in [-0.15, -0.1) is 0 Å². The minimum Gasteiger partial charge on any atom is -0.462 e. The number of carbonyl (C=O) groups is 2. The number of thioether (sulfide) groups is 1. The number of primary amides is 1. The Morgan fingerprint density at radius 3 is 2.03 bits per heavy atom. The van der Waals surface area contributed by atoms with Crippen LogP contribution in [0, 0.1) is 4.77 Å². The van der Waals surface area contributed by atoms with E-state index in [0.717, 1.165) is 11.8 Å². The second-order valence-electron chi connectivity index (χ2n) is 6.09. The van der Waals surface area contributed by atoms with Crippen molar-refractivity contribution in [1.82, 2.24) is 9.13 Å². The molecule has 0 fully saturated rings. The fourth-order valence-corrected chi connectivity index (χ4v) is 4.21. The van der Waals surface area contributed by atoms with Gasteiger partial charge in [-0.05, 0) is 43.4 Å². The zero-order valence-corrected chi connectivity index (χ0v) is 17.7. The fraction of sp³-hybridized carbons (Fsp3) is 0.143. The molecule has 1 heterocycles. The van der Waals surface area contributed by atoms with Crippen molar-refractivity contribution in [2.24, 2.45) is 5.73 Å². The van der Waals surface area contributed by atoms with Gasteiger partial charge in [0.15, 0.2) is 10.3 Å². The normalized spacial score (nSPS) is 10.6. The summed E-state index contributed by atoms with van der Waals surface area (Å²) in [6, 6.07) is 17.8. The van der Waals surface area contributed by atoms with Crippen LogP contribution in [0.5, 0.6) is 0 Å². The third kappa shape index (κ3) is 4.37. The standard InChI is InChI=1S/C21H19N3O4S2/c1-2-28-20(27)17-18(26)23(14-9-5-3-6-10-14)21(29)24(15-11-7-4-8-12-15)19(17)30-13-16(22)25/h3-12H,2,13H2,1H3,(H2,22,25). The molecule has 1 amide bonds. The minimum absolute atomic E-state index is 0.0878. The predicted molar refractivity (Wildman–Crippen MR) is 118 cm³/mol. The Morgan fingerprint density at radius 2 is 1.53 bits per heavy atom. The maximum absolute atomic E-state index is 13.4. The molecule has 0 saturated heterocycles. The SMILES string of the molecule is CCOC(=O)c1c(SCC(N)=O)n(-c2ccccc2)c(=S)n(-c2ccccc2)c1=O. The minimum atomic E-state index is -0.793. The molecule has 0 aliphatic heterocycles. The van der Waals surface area contributed by atoms with Crippen LogP contribution in [0.3, 0.4) is 0 Å². The van der Waals surface area contributed by atoms with Gasteiger partial charge in [0.2, 0.25) is 5.91 Å². The van der Waals surface area contributed by atoms with Crippen molar-refractivity contribution < 1.29 is 14.3 Å². The zero-order chi connectivity index (χ0) is 21.7. The summed E-state index contributed by atoms with van der Waals surface area (Å²) in [5.41, 5.74) is 5.63. The lowest BCUT2D eigenvalue weighted by atomic mass is 10.2. The lowest BCUT2D eigenvalue weighted by Gasteiger charge is -2.20. The maximum Gasteiger partial charge on any atom is 0.346 e. The molecule has 0 spiro atoms. The van der Waals surface area contributed by atoms with Crippen LogP contribution in [0.1, 0.15) is 17.3 Å². The van der Waals surface area contributed by atoms with E-state index in [1.807, 2.05) is 24.3 Å². The van der Waals surface area contributed by atoms with Gasteiger partial charge in [0, 0.05) is 5.69 Å². The van der Waals surface area contributed by atoms with Crippen molar-refractivity contribution in [2.45, 2.75) is 11.9 Å². The van der Waals surface area contributed by atoms with E-state index in [4.69, 9.17) is 22.7 Å². The topological polar surface area (TPSA) is 96.3 Å². The molecule has 0 unspecified atom stereocenters. The van der Waals surface area contributed by atoms with Gasteiger partial charge in [0.1, 0.15) is 5.03 Å².